The maximum absolute atomic E-state index is 12.4. The van der Waals surface area contributed by atoms with Gasteiger partial charge in [0, 0.05) is 24.2 Å². The van der Waals surface area contributed by atoms with Crippen molar-refractivity contribution >= 4 is 17.5 Å². The van der Waals surface area contributed by atoms with Crippen molar-refractivity contribution in [2.45, 2.75) is 51.6 Å². The molecule has 2 aliphatic rings. The molecule has 2 rings (SSSR count). The van der Waals surface area contributed by atoms with Crippen LogP contribution in [0.15, 0.2) is 0 Å². The third kappa shape index (κ3) is 3.05. The molecule has 17 heavy (non-hydrogen) atoms. The van der Waals surface area contributed by atoms with E-state index in [-0.39, 0.29) is 17.4 Å². The van der Waals surface area contributed by atoms with Crippen molar-refractivity contribution in [3.63, 3.8) is 0 Å². The molecule has 1 spiro atoms. The van der Waals surface area contributed by atoms with Crippen molar-refractivity contribution < 1.29 is 9.53 Å². The van der Waals surface area contributed by atoms with Gasteiger partial charge in [-0.2, -0.15) is 11.8 Å². The topological polar surface area (TPSA) is 26.3 Å². The van der Waals surface area contributed by atoms with E-state index in [1.54, 1.807) is 0 Å². The maximum Gasteiger partial charge on any atom is 0.138 e. The average molecular weight is 256 g/mol. The molecule has 3 unspecified atom stereocenters. The summed E-state index contributed by atoms with van der Waals surface area (Å²) >= 11 is 1.98. The third-order valence-corrected chi connectivity index (χ3v) is 5.39. The van der Waals surface area contributed by atoms with E-state index in [4.69, 9.17) is 4.74 Å². The zero-order chi connectivity index (χ0) is 12.3. The first-order chi connectivity index (χ1) is 8.17. The molecular formula is C14H24O2S. The second-order valence-corrected chi connectivity index (χ2v) is 6.72. The standard InChI is InChI=1S/C14H24O2S/c1-3-4-11(2)13(15)12-5-7-16-14(9-12)6-8-17-10-14/h11-12H,3-10H2,1-2H3. The Labute approximate surface area is 109 Å². The van der Waals surface area contributed by atoms with Crippen LogP contribution in [-0.4, -0.2) is 29.5 Å². The van der Waals surface area contributed by atoms with Gasteiger partial charge in [0.1, 0.15) is 5.78 Å². The van der Waals surface area contributed by atoms with Crippen molar-refractivity contribution in [2.75, 3.05) is 18.1 Å². The summed E-state index contributed by atoms with van der Waals surface area (Å²) in [5.41, 5.74) is 0.0508. The van der Waals surface area contributed by atoms with E-state index in [9.17, 15) is 4.79 Å². The molecule has 0 N–H and O–H groups in total. The van der Waals surface area contributed by atoms with Crippen LogP contribution in [0.25, 0.3) is 0 Å². The molecule has 3 atom stereocenters. The maximum atomic E-state index is 12.4. The van der Waals surface area contributed by atoms with E-state index in [0.29, 0.717) is 5.78 Å². The van der Waals surface area contributed by atoms with Gasteiger partial charge >= 0.3 is 0 Å². The van der Waals surface area contributed by atoms with Crippen molar-refractivity contribution in [1.29, 1.82) is 0 Å². The highest BCUT2D eigenvalue weighted by Gasteiger charge is 2.42. The quantitative estimate of drug-likeness (QED) is 0.772. The highest BCUT2D eigenvalue weighted by molar-refractivity contribution is 7.99. The van der Waals surface area contributed by atoms with Crippen molar-refractivity contribution in [3.05, 3.63) is 0 Å². The van der Waals surface area contributed by atoms with E-state index in [1.807, 2.05) is 11.8 Å². The molecule has 2 nitrogen and oxygen atoms in total. The summed E-state index contributed by atoms with van der Waals surface area (Å²) in [7, 11) is 0. The van der Waals surface area contributed by atoms with Crippen LogP contribution in [0.5, 0.6) is 0 Å². The number of ether oxygens (including phenoxy) is 1. The monoisotopic (exact) mass is 256 g/mol. The summed E-state index contributed by atoms with van der Waals surface area (Å²) in [5.74, 6) is 3.30. The van der Waals surface area contributed by atoms with Crippen LogP contribution in [0.4, 0.5) is 0 Å². The fourth-order valence-electron chi connectivity index (χ4n) is 3.11. The summed E-state index contributed by atoms with van der Waals surface area (Å²) in [6.45, 7) is 5.04. The van der Waals surface area contributed by atoms with E-state index in [1.165, 1.54) is 5.75 Å². The zero-order valence-corrected chi connectivity index (χ0v) is 11.9. The Morgan fingerprint density at radius 3 is 3.06 bits per heavy atom. The number of hydrogen-bond donors (Lipinski definition) is 0. The van der Waals surface area contributed by atoms with Gasteiger partial charge < -0.3 is 4.74 Å². The van der Waals surface area contributed by atoms with E-state index in [2.05, 4.69) is 13.8 Å². The second-order valence-electron chi connectivity index (χ2n) is 5.62. The molecule has 0 aliphatic carbocycles. The largest absolute Gasteiger partial charge is 0.374 e. The molecule has 2 fully saturated rings. The Balaban J connectivity index is 1.94. The molecule has 0 radical (unpaired) electrons. The van der Waals surface area contributed by atoms with Gasteiger partial charge in [-0.15, -0.1) is 0 Å². The molecule has 2 saturated heterocycles. The number of Topliss-reactive ketones (excluding diaryl/α,β-unsaturated/α-hetero) is 1. The third-order valence-electron chi connectivity index (χ3n) is 4.17. The average Bonchev–Trinajstić information content (AvgIpc) is 2.76. The van der Waals surface area contributed by atoms with Crippen LogP contribution in [-0.2, 0) is 9.53 Å². The molecular weight excluding hydrogens is 232 g/mol. The minimum Gasteiger partial charge on any atom is -0.374 e. The molecule has 2 heterocycles. The predicted molar refractivity (Wildman–Crippen MR) is 72.4 cm³/mol. The van der Waals surface area contributed by atoms with Gasteiger partial charge in [-0.3, -0.25) is 4.79 Å². The molecule has 0 aromatic heterocycles. The Hall–Kier alpha value is -0.0200. The van der Waals surface area contributed by atoms with Gasteiger partial charge in [0.05, 0.1) is 5.60 Å². The summed E-state index contributed by atoms with van der Waals surface area (Å²) in [5, 5.41) is 0. The van der Waals surface area contributed by atoms with Crippen LogP contribution in [0.2, 0.25) is 0 Å². The summed E-state index contributed by atoms with van der Waals surface area (Å²) in [6.07, 6.45) is 5.21. The minimum atomic E-state index is 0.0508. The van der Waals surface area contributed by atoms with Crippen molar-refractivity contribution in [2.24, 2.45) is 11.8 Å². The molecule has 0 aromatic rings. The molecule has 0 saturated carbocycles. The predicted octanol–water partition coefficient (Wildman–Crippen LogP) is 3.29. The summed E-state index contributed by atoms with van der Waals surface area (Å²) < 4.78 is 5.97. The van der Waals surface area contributed by atoms with Gasteiger partial charge in [0.25, 0.3) is 0 Å². The van der Waals surface area contributed by atoms with E-state index in [0.717, 1.165) is 44.5 Å². The van der Waals surface area contributed by atoms with Crippen LogP contribution >= 0.6 is 11.8 Å². The normalized spacial score (nSPS) is 35.1. The number of carbonyl (C=O) groups is 1. The fourth-order valence-corrected chi connectivity index (χ4v) is 4.49. The Kier molecular flexibility index (Phi) is 4.53. The lowest BCUT2D eigenvalue weighted by Gasteiger charge is -2.37. The molecule has 0 bridgehead atoms. The Morgan fingerprint density at radius 1 is 1.59 bits per heavy atom. The van der Waals surface area contributed by atoms with Gasteiger partial charge in [0.15, 0.2) is 0 Å². The second kappa shape index (κ2) is 5.75. The van der Waals surface area contributed by atoms with E-state index >= 15 is 0 Å². The first-order valence-corrected chi connectivity index (χ1v) is 8.08. The Morgan fingerprint density at radius 2 is 2.41 bits per heavy atom. The first-order valence-electron chi connectivity index (χ1n) is 6.92. The molecule has 98 valence electrons. The van der Waals surface area contributed by atoms with Crippen molar-refractivity contribution in [1.82, 2.24) is 0 Å². The number of hydrogen-bond acceptors (Lipinski definition) is 3. The molecule has 2 aliphatic heterocycles. The Bertz CT molecular complexity index is 271. The van der Waals surface area contributed by atoms with Crippen LogP contribution in [0.1, 0.15) is 46.0 Å². The first kappa shape index (κ1) is 13.4. The highest BCUT2D eigenvalue weighted by Crippen LogP contribution is 2.41. The lowest BCUT2D eigenvalue weighted by atomic mass is 9.79. The number of carbonyl (C=O) groups excluding carboxylic acids is 1. The zero-order valence-electron chi connectivity index (χ0n) is 11.0. The van der Waals surface area contributed by atoms with Gasteiger partial charge in [-0.25, -0.2) is 0 Å². The summed E-state index contributed by atoms with van der Waals surface area (Å²) in [4.78, 5) is 12.4. The van der Waals surface area contributed by atoms with Crippen molar-refractivity contribution in [3.8, 4) is 0 Å². The van der Waals surface area contributed by atoms with Gasteiger partial charge in [-0.1, -0.05) is 20.3 Å². The van der Waals surface area contributed by atoms with Crippen LogP contribution in [0, 0.1) is 11.8 Å². The lowest BCUT2D eigenvalue weighted by molar-refractivity contribution is -0.137. The minimum absolute atomic E-state index is 0.0508. The molecule has 0 aromatic carbocycles. The van der Waals surface area contributed by atoms with Gasteiger partial charge in [-0.05, 0) is 31.4 Å². The SMILES string of the molecule is CCCC(C)C(=O)C1CCOC2(CCSC2)C1. The lowest BCUT2D eigenvalue weighted by Crippen LogP contribution is -2.43. The molecule has 0 amide bonds. The van der Waals surface area contributed by atoms with Crippen LogP contribution in [0.3, 0.4) is 0 Å². The number of thioether (sulfide) groups is 1. The highest BCUT2D eigenvalue weighted by atomic mass is 32.2. The summed E-state index contributed by atoms with van der Waals surface area (Å²) in [6, 6.07) is 0. The fraction of sp³-hybridized carbons (Fsp3) is 0.929. The van der Waals surface area contributed by atoms with Crippen LogP contribution < -0.4 is 0 Å². The smallest absolute Gasteiger partial charge is 0.138 e. The van der Waals surface area contributed by atoms with Gasteiger partial charge in [0.2, 0.25) is 0 Å². The molecule has 3 heteroatoms. The number of ketones is 1. The number of rotatable bonds is 4. The van der Waals surface area contributed by atoms with E-state index < -0.39 is 0 Å².